The molecule has 1 fully saturated rings. The first-order chi connectivity index (χ1) is 13.7. The number of hydrogen-bond acceptors (Lipinski definition) is 5. The van der Waals surface area contributed by atoms with Crippen molar-refractivity contribution in [2.75, 3.05) is 19.7 Å². The number of nitrogens with two attached hydrogens (primary N) is 1. The van der Waals surface area contributed by atoms with E-state index in [4.69, 9.17) is 15.2 Å². The summed E-state index contributed by atoms with van der Waals surface area (Å²) in [7, 11) is 0. The van der Waals surface area contributed by atoms with Crippen molar-refractivity contribution in [1.82, 2.24) is 4.90 Å². The predicted octanol–water partition coefficient (Wildman–Crippen LogP) is 3.42. The van der Waals surface area contributed by atoms with Gasteiger partial charge in [0.1, 0.15) is 6.10 Å². The number of hydrogen-bond donors (Lipinski definition) is 1. The molecule has 0 amide bonds. The van der Waals surface area contributed by atoms with Gasteiger partial charge in [0.05, 0.1) is 24.3 Å². The molecule has 4 rings (SSSR count). The van der Waals surface area contributed by atoms with Gasteiger partial charge in [-0.05, 0) is 56.0 Å². The van der Waals surface area contributed by atoms with Crippen LogP contribution in [0.25, 0.3) is 0 Å². The molecule has 1 heterocycles. The molecule has 3 atom stereocenters. The smallest absolute Gasteiger partial charge is 0.162 e. The molecule has 2 N–H and O–H groups in total. The number of ether oxygens (including phenoxy) is 2. The summed E-state index contributed by atoms with van der Waals surface area (Å²) in [5.41, 5.74) is 9.40. The van der Waals surface area contributed by atoms with Crippen molar-refractivity contribution >= 4 is 0 Å². The van der Waals surface area contributed by atoms with Gasteiger partial charge in [0.15, 0.2) is 11.5 Å². The fraction of sp³-hybridized carbons (Fsp3) is 0.435. The summed E-state index contributed by atoms with van der Waals surface area (Å²) >= 11 is 0. The summed E-state index contributed by atoms with van der Waals surface area (Å²) < 4.78 is 12.3. The van der Waals surface area contributed by atoms with Crippen LogP contribution in [-0.2, 0) is 6.42 Å². The SMILES string of the molecule is CCOc1cc(C#N)ccc1O[C@@H]1c2ccccc2C[C@H]1N1CCC[C@@H](N)C1. The van der Waals surface area contributed by atoms with Gasteiger partial charge in [0, 0.05) is 18.7 Å². The third-order valence-electron chi connectivity index (χ3n) is 5.73. The Morgan fingerprint density at radius 3 is 2.86 bits per heavy atom. The molecular formula is C23H27N3O2. The second-order valence-corrected chi connectivity index (χ2v) is 7.61. The zero-order valence-electron chi connectivity index (χ0n) is 16.3. The third kappa shape index (κ3) is 3.71. The molecule has 2 aromatic rings. The van der Waals surface area contributed by atoms with Gasteiger partial charge in [-0.15, -0.1) is 0 Å². The second-order valence-electron chi connectivity index (χ2n) is 7.61. The molecule has 5 heteroatoms. The Bertz CT molecular complexity index is 876. The standard InChI is InChI=1S/C23H27N3O2/c1-2-27-22-12-16(14-24)9-10-21(22)28-23-19-8-4-3-6-17(19)13-20(23)26-11-5-7-18(25)15-26/h3-4,6,8-10,12,18,20,23H,2,5,7,11,13,15,25H2,1H3/t18-,20-,23-/m1/s1. The van der Waals surface area contributed by atoms with Crippen molar-refractivity contribution in [1.29, 1.82) is 5.26 Å². The number of likely N-dealkylation sites (tertiary alicyclic amines) is 1. The minimum atomic E-state index is -0.0753. The molecule has 2 aliphatic rings. The summed E-state index contributed by atoms with van der Waals surface area (Å²) in [6, 6.07) is 16.6. The van der Waals surface area contributed by atoms with Gasteiger partial charge < -0.3 is 15.2 Å². The largest absolute Gasteiger partial charge is 0.490 e. The molecule has 1 aliphatic carbocycles. The molecule has 0 spiro atoms. The van der Waals surface area contributed by atoms with Gasteiger partial charge in [-0.3, -0.25) is 4.90 Å². The molecule has 1 saturated heterocycles. The van der Waals surface area contributed by atoms with Crippen LogP contribution in [-0.4, -0.2) is 36.7 Å². The highest BCUT2D eigenvalue weighted by Gasteiger charge is 2.39. The number of piperidine rings is 1. The summed E-state index contributed by atoms with van der Waals surface area (Å²) in [6.45, 7) is 4.42. The molecule has 146 valence electrons. The Morgan fingerprint density at radius 2 is 2.07 bits per heavy atom. The lowest BCUT2D eigenvalue weighted by Crippen LogP contribution is -2.49. The molecule has 0 aromatic heterocycles. The molecular weight excluding hydrogens is 350 g/mol. The van der Waals surface area contributed by atoms with E-state index in [-0.39, 0.29) is 18.2 Å². The van der Waals surface area contributed by atoms with Crippen molar-refractivity contribution in [3.05, 3.63) is 59.2 Å². The van der Waals surface area contributed by atoms with Crippen LogP contribution < -0.4 is 15.2 Å². The highest BCUT2D eigenvalue weighted by molar-refractivity contribution is 5.48. The van der Waals surface area contributed by atoms with Crippen LogP contribution in [0.3, 0.4) is 0 Å². The Balaban J connectivity index is 1.66. The first kappa shape index (κ1) is 18.8. The average molecular weight is 377 g/mol. The van der Waals surface area contributed by atoms with E-state index >= 15 is 0 Å². The van der Waals surface area contributed by atoms with E-state index in [9.17, 15) is 5.26 Å². The quantitative estimate of drug-likeness (QED) is 0.864. The normalized spacial score (nSPS) is 24.4. The third-order valence-corrected chi connectivity index (χ3v) is 5.73. The lowest BCUT2D eigenvalue weighted by molar-refractivity contribution is 0.0574. The lowest BCUT2D eigenvalue weighted by atomic mass is 10.0. The van der Waals surface area contributed by atoms with Crippen molar-refractivity contribution in [3.63, 3.8) is 0 Å². The topological polar surface area (TPSA) is 71.5 Å². The maximum absolute atomic E-state index is 9.21. The molecule has 0 radical (unpaired) electrons. The highest BCUT2D eigenvalue weighted by Crippen LogP contribution is 2.41. The van der Waals surface area contributed by atoms with Gasteiger partial charge in [-0.1, -0.05) is 24.3 Å². The summed E-state index contributed by atoms with van der Waals surface area (Å²) in [6.07, 6.45) is 3.11. The molecule has 5 nitrogen and oxygen atoms in total. The van der Waals surface area contributed by atoms with Crippen molar-refractivity contribution in [2.24, 2.45) is 5.73 Å². The fourth-order valence-corrected chi connectivity index (χ4v) is 4.42. The maximum atomic E-state index is 9.21. The Kier molecular flexibility index (Phi) is 5.52. The minimum absolute atomic E-state index is 0.0753. The second kappa shape index (κ2) is 8.22. The number of nitriles is 1. The zero-order chi connectivity index (χ0) is 19.5. The van der Waals surface area contributed by atoms with Crippen molar-refractivity contribution in [3.8, 4) is 17.6 Å². The Labute approximate surface area is 166 Å². The Hall–Kier alpha value is -2.55. The van der Waals surface area contributed by atoms with Crippen LogP contribution in [0, 0.1) is 11.3 Å². The number of nitrogens with zero attached hydrogens (tertiary/aromatic N) is 2. The van der Waals surface area contributed by atoms with E-state index in [2.05, 4.69) is 35.2 Å². The van der Waals surface area contributed by atoms with E-state index in [1.165, 1.54) is 11.1 Å². The van der Waals surface area contributed by atoms with E-state index < -0.39 is 0 Å². The lowest BCUT2D eigenvalue weighted by Gasteiger charge is -2.38. The maximum Gasteiger partial charge on any atom is 0.162 e. The van der Waals surface area contributed by atoms with Crippen LogP contribution in [0.2, 0.25) is 0 Å². The summed E-state index contributed by atoms with van der Waals surface area (Å²) in [4.78, 5) is 2.49. The molecule has 28 heavy (non-hydrogen) atoms. The van der Waals surface area contributed by atoms with Gasteiger partial charge in [-0.25, -0.2) is 0 Å². The van der Waals surface area contributed by atoms with Crippen LogP contribution in [0.5, 0.6) is 11.5 Å². The van der Waals surface area contributed by atoms with E-state index in [0.29, 0.717) is 23.7 Å². The fourth-order valence-electron chi connectivity index (χ4n) is 4.42. The van der Waals surface area contributed by atoms with Crippen LogP contribution in [0.15, 0.2) is 42.5 Å². The molecule has 1 aliphatic heterocycles. The van der Waals surface area contributed by atoms with E-state index in [0.717, 1.165) is 32.4 Å². The molecule has 0 saturated carbocycles. The van der Waals surface area contributed by atoms with Crippen LogP contribution >= 0.6 is 0 Å². The first-order valence-electron chi connectivity index (χ1n) is 10.1. The zero-order valence-corrected chi connectivity index (χ0v) is 16.3. The number of rotatable bonds is 5. The van der Waals surface area contributed by atoms with Gasteiger partial charge >= 0.3 is 0 Å². The van der Waals surface area contributed by atoms with Crippen molar-refractivity contribution < 1.29 is 9.47 Å². The van der Waals surface area contributed by atoms with Crippen LogP contribution in [0.4, 0.5) is 0 Å². The van der Waals surface area contributed by atoms with Gasteiger partial charge in [0.2, 0.25) is 0 Å². The van der Waals surface area contributed by atoms with Crippen LogP contribution in [0.1, 0.15) is 42.6 Å². The molecule has 0 bridgehead atoms. The molecule has 0 unspecified atom stereocenters. The summed E-state index contributed by atoms with van der Waals surface area (Å²) in [5, 5.41) is 9.21. The predicted molar refractivity (Wildman–Crippen MR) is 108 cm³/mol. The highest BCUT2D eigenvalue weighted by atomic mass is 16.5. The first-order valence-corrected chi connectivity index (χ1v) is 10.1. The van der Waals surface area contributed by atoms with Gasteiger partial charge in [0.25, 0.3) is 0 Å². The molecule has 2 aromatic carbocycles. The van der Waals surface area contributed by atoms with E-state index in [1.54, 1.807) is 12.1 Å². The van der Waals surface area contributed by atoms with Crippen molar-refractivity contribution in [2.45, 2.75) is 44.4 Å². The average Bonchev–Trinajstić information content (AvgIpc) is 3.08. The number of benzene rings is 2. The Morgan fingerprint density at radius 1 is 1.21 bits per heavy atom. The monoisotopic (exact) mass is 377 g/mol. The summed E-state index contributed by atoms with van der Waals surface area (Å²) in [5.74, 6) is 1.31. The minimum Gasteiger partial charge on any atom is -0.490 e. The van der Waals surface area contributed by atoms with E-state index in [1.807, 2.05) is 13.0 Å². The number of fused-ring (bicyclic) bond motifs is 1. The van der Waals surface area contributed by atoms with Gasteiger partial charge in [-0.2, -0.15) is 5.26 Å².